The molecule has 0 spiro atoms. The molecular weight excluding hydrogens is 417 g/mol. The van der Waals surface area contributed by atoms with Crippen LogP contribution in [0.25, 0.3) is 0 Å². The van der Waals surface area contributed by atoms with E-state index in [0.717, 1.165) is 11.1 Å². The Morgan fingerprint density at radius 1 is 0.867 bits per heavy atom. The van der Waals surface area contributed by atoms with E-state index in [1.54, 1.807) is 18.2 Å². The fourth-order valence-corrected chi connectivity index (χ4v) is 4.85. The molecule has 1 fully saturated rings. The van der Waals surface area contributed by atoms with Crippen LogP contribution in [0.2, 0.25) is 10.0 Å². The van der Waals surface area contributed by atoms with Crippen molar-refractivity contribution in [3.8, 4) is 0 Å². The van der Waals surface area contributed by atoms with Gasteiger partial charge in [0.05, 0.1) is 10.6 Å². The summed E-state index contributed by atoms with van der Waals surface area (Å²) in [7, 11) is 0. The molecule has 0 unspecified atom stereocenters. The highest BCUT2D eigenvalue weighted by Crippen LogP contribution is 2.42. The summed E-state index contributed by atoms with van der Waals surface area (Å²) in [6, 6.07) is 24.5. The number of likely N-dealkylation sites (tertiary alicyclic amines) is 1. The van der Waals surface area contributed by atoms with E-state index in [9.17, 15) is 9.90 Å². The van der Waals surface area contributed by atoms with Gasteiger partial charge in [-0.1, -0.05) is 83.9 Å². The van der Waals surface area contributed by atoms with Crippen molar-refractivity contribution in [1.29, 1.82) is 0 Å². The van der Waals surface area contributed by atoms with Crippen LogP contribution in [0, 0.1) is 5.92 Å². The van der Waals surface area contributed by atoms with Crippen LogP contribution in [0.3, 0.4) is 0 Å². The third-order valence-electron chi connectivity index (χ3n) is 5.96. The van der Waals surface area contributed by atoms with Gasteiger partial charge in [-0.2, -0.15) is 0 Å². The summed E-state index contributed by atoms with van der Waals surface area (Å²) in [4.78, 5) is 14.8. The van der Waals surface area contributed by atoms with Crippen molar-refractivity contribution in [2.75, 3.05) is 13.1 Å². The Labute approximate surface area is 186 Å². The van der Waals surface area contributed by atoms with E-state index in [1.165, 1.54) is 0 Å². The van der Waals surface area contributed by atoms with Crippen LogP contribution in [0.4, 0.5) is 0 Å². The molecule has 3 aromatic carbocycles. The lowest BCUT2D eigenvalue weighted by molar-refractivity contribution is -0.0122. The molecule has 5 heteroatoms. The monoisotopic (exact) mass is 439 g/mol. The third kappa shape index (κ3) is 3.98. The van der Waals surface area contributed by atoms with E-state index in [0.29, 0.717) is 41.5 Å². The zero-order chi connectivity index (χ0) is 21.1. The third-order valence-corrected chi connectivity index (χ3v) is 6.51. The number of hydrogen-bond donors (Lipinski definition) is 1. The molecule has 0 aromatic heterocycles. The summed E-state index contributed by atoms with van der Waals surface area (Å²) in [5.74, 6) is -0.106. The number of rotatable bonds is 4. The minimum Gasteiger partial charge on any atom is -0.380 e. The second-order valence-electron chi connectivity index (χ2n) is 7.69. The van der Waals surface area contributed by atoms with Crippen molar-refractivity contribution in [3.63, 3.8) is 0 Å². The van der Waals surface area contributed by atoms with Crippen LogP contribution in [0.1, 0.15) is 34.3 Å². The Hall–Kier alpha value is -2.33. The van der Waals surface area contributed by atoms with Gasteiger partial charge in [-0.25, -0.2) is 0 Å². The predicted octanol–water partition coefficient (Wildman–Crippen LogP) is 5.78. The molecule has 0 bridgehead atoms. The van der Waals surface area contributed by atoms with Crippen LogP contribution in [0.15, 0.2) is 78.9 Å². The van der Waals surface area contributed by atoms with Crippen molar-refractivity contribution in [2.45, 2.75) is 18.4 Å². The Kier molecular flexibility index (Phi) is 6.14. The zero-order valence-electron chi connectivity index (χ0n) is 16.5. The number of halogens is 2. The van der Waals surface area contributed by atoms with Gasteiger partial charge in [0.1, 0.15) is 5.60 Å². The van der Waals surface area contributed by atoms with E-state index in [1.807, 2.05) is 65.6 Å². The number of piperidine rings is 1. The SMILES string of the molecule is O=C(c1ccc(Cl)cc1Cl)N1CCC(C(O)(c2ccccc2)c2ccccc2)CC1. The lowest BCUT2D eigenvalue weighted by Gasteiger charge is -2.42. The highest BCUT2D eigenvalue weighted by Gasteiger charge is 2.42. The minimum atomic E-state index is -1.10. The first kappa shape index (κ1) is 20.9. The quantitative estimate of drug-likeness (QED) is 0.559. The first-order valence-corrected chi connectivity index (χ1v) is 10.8. The van der Waals surface area contributed by atoms with Crippen LogP contribution in [-0.2, 0) is 5.60 Å². The zero-order valence-corrected chi connectivity index (χ0v) is 18.0. The molecule has 1 aliphatic rings. The van der Waals surface area contributed by atoms with Crippen LogP contribution in [0.5, 0.6) is 0 Å². The molecule has 1 N–H and O–H groups in total. The van der Waals surface area contributed by atoms with Crippen molar-refractivity contribution < 1.29 is 9.90 Å². The molecule has 3 nitrogen and oxygen atoms in total. The number of carbonyl (C=O) groups excluding carboxylic acids is 1. The second kappa shape index (κ2) is 8.81. The molecule has 0 radical (unpaired) electrons. The lowest BCUT2D eigenvalue weighted by Crippen LogP contribution is -2.46. The Bertz CT molecular complexity index is 976. The molecule has 1 saturated heterocycles. The summed E-state index contributed by atoms with van der Waals surface area (Å²) in [6.07, 6.45) is 1.38. The molecular formula is C25H23Cl2NO2. The average Bonchev–Trinajstić information content (AvgIpc) is 2.79. The van der Waals surface area contributed by atoms with Gasteiger partial charge in [-0.3, -0.25) is 4.79 Å². The smallest absolute Gasteiger partial charge is 0.255 e. The number of carbonyl (C=O) groups is 1. The van der Waals surface area contributed by atoms with Crippen molar-refractivity contribution in [1.82, 2.24) is 4.90 Å². The maximum atomic E-state index is 13.0. The molecule has 3 aromatic rings. The Balaban J connectivity index is 1.57. The van der Waals surface area contributed by atoms with Gasteiger partial charge >= 0.3 is 0 Å². The average molecular weight is 440 g/mol. The summed E-state index contributed by atoms with van der Waals surface area (Å²) in [6.45, 7) is 1.12. The number of hydrogen-bond acceptors (Lipinski definition) is 2. The Morgan fingerprint density at radius 2 is 1.40 bits per heavy atom. The number of nitrogens with zero attached hydrogens (tertiary/aromatic N) is 1. The standard InChI is InChI=1S/C25H23Cl2NO2/c26-21-11-12-22(23(27)17-21)24(29)28-15-13-20(14-16-28)25(30,18-7-3-1-4-8-18)19-9-5-2-6-10-19/h1-12,17,20,30H,13-16H2. The van der Waals surface area contributed by atoms with Crippen molar-refractivity contribution in [3.05, 3.63) is 106 Å². The molecule has 154 valence electrons. The van der Waals surface area contributed by atoms with Gasteiger partial charge in [0.25, 0.3) is 5.91 Å². The topological polar surface area (TPSA) is 40.5 Å². The van der Waals surface area contributed by atoms with Gasteiger partial charge in [0.15, 0.2) is 0 Å². The van der Waals surface area contributed by atoms with E-state index in [4.69, 9.17) is 23.2 Å². The molecule has 1 aliphatic heterocycles. The fourth-order valence-electron chi connectivity index (χ4n) is 4.36. The van der Waals surface area contributed by atoms with Crippen LogP contribution in [-0.4, -0.2) is 29.0 Å². The highest BCUT2D eigenvalue weighted by atomic mass is 35.5. The maximum absolute atomic E-state index is 13.0. The normalized spacial score (nSPS) is 15.2. The summed E-state index contributed by atoms with van der Waals surface area (Å²) in [5, 5.41) is 12.8. The number of aliphatic hydroxyl groups is 1. The van der Waals surface area contributed by atoms with E-state index in [-0.39, 0.29) is 11.8 Å². The predicted molar refractivity (Wildman–Crippen MR) is 121 cm³/mol. The fraction of sp³-hybridized carbons (Fsp3) is 0.240. The Morgan fingerprint density at radius 3 is 1.90 bits per heavy atom. The number of benzene rings is 3. The first-order chi connectivity index (χ1) is 14.5. The molecule has 0 saturated carbocycles. The van der Waals surface area contributed by atoms with Gasteiger partial charge in [-0.05, 0) is 48.1 Å². The van der Waals surface area contributed by atoms with Crippen LogP contribution < -0.4 is 0 Å². The second-order valence-corrected chi connectivity index (χ2v) is 8.53. The van der Waals surface area contributed by atoms with E-state index in [2.05, 4.69) is 0 Å². The van der Waals surface area contributed by atoms with Crippen molar-refractivity contribution >= 4 is 29.1 Å². The molecule has 1 heterocycles. The van der Waals surface area contributed by atoms with Gasteiger partial charge in [0, 0.05) is 18.1 Å². The maximum Gasteiger partial charge on any atom is 0.255 e. The van der Waals surface area contributed by atoms with Crippen LogP contribution >= 0.6 is 23.2 Å². The molecule has 4 rings (SSSR count). The largest absolute Gasteiger partial charge is 0.380 e. The van der Waals surface area contributed by atoms with Crippen molar-refractivity contribution in [2.24, 2.45) is 5.92 Å². The minimum absolute atomic E-state index is 0.00737. The van der Waals surface area contributed by atoms with Gasteiger partial charge < -0.3 is 10.0 Å². The highest BCUT2D eigenvalue weighted by molar-refractivity contribution is 6.36. The number of amides is 1. The summed E-state index contributed by atoms with van der Waals surface area (Å²) >= 11 is 12.2. The molecule has 0 atom stereocenters. The van der Waals surface area contributed by atoms with Gasteiger partial charge in [-0.15, -0.1) is 0 Å². The molecule has 0 aliphatic carbocycles. The molecule has 1 amide bonds. The summed E-state index contributed by atoms with van der Waals surface area (Å²) < 4.78 is 0. The summed E-state index contributed by atoms with van der Waals surface area (Å²) in [5.41, 5.74) is 1.11. The molecule has 30 heavy (non-hydrogen) atoms. The van der Waals surface area contributed by atoms with Gasteiger partial charge in [0.2, 0.25) is 0 Å². The van der Waals surface area contributed by atoms with E-state index < -0.39 is 5.60 Å². The first-order valence-electron chi connectivity index (χ1n) is 10.1. The van der Waals surface area contributed by atoms with E-state index >= 15 is 0 Å². The lowest BCUT2D eigenvalue weighted by atomic mass is 9.72.